The average molecular weight is 222 g/mol. The number of hydrogen-bond acceptors (Lipinski definition) is 3. The molecule has 3 heteroatoms. The molecular weight excluding hydrogens is 204 g/mol. The standard InChI is InChI=1S/C13H18O3/c1-11-5-9-10(14)16-8-3-12(6-11,15-2)7-13(9,11)4-8/h8-9H,3-7H2,1-2H3/t8?,9?,11?,12?,13-/m1/s1. The number of carbonyl (C=O) groups excluding carboxylic acids is 1. The van der Waals surface area contributed by atoms with Crippen LogP contribution in [0.25, 0.3) is 0 Å². The molecule has 1 heterocycles. The van der Waals surface area contributed by atoms with Crippen LogP contribution in [0.15, 0.2) is 0 Å². The lowest BCUT2D eigenvalue weighted by Gasteiger charge is -2.62. The fourth-order valence-electron chi connectivity index (χ4n) is 5.44. The van der Waals surface area contributed by atoms with E-state index in [0.29, 0.717) is 5.41 Å². The van der Waals surface area contributed by atoms with Crippen LogP contribution in [0.3, 0.4) is 0 Å². The molecule has 3 bridgehead atoms. The summed E-state index contributed by atoms with van der Waals surface area (Å²) in [5.41, 5.74) is 0.566. The Balaban J connectivity index is 1.85. The van der Waals surface area contributed by atoms with E-state index < -0.39 is 0 Å². The van der Waals surface area contributed by atoms with Crippen molar-refractivity contribution >= 4 is 5.97 Å². The van der Waals surface area contributed by atoms with Gasteiger partial charge >= 0.3 is 5.97 Å². The van der Waals surface area contributed by atoms with Gasteiger partial charge in [-0.15, -0.1) is 0 Å². The Labute approximate surface area is 95.5 Å². The molecule has 0 aromatic rings. The van der Waals surface area contributed by atoms with E-state index >= 15 is 0 Å². The van der Waals surface area contributed by atoms with Crippen LogP contribution in [0.2, 0.25) is 0 Å². The Hall–Kier alpha value is -0.570. The predicted molar refractivity (Wildman–Crippen MR) is 56.7 cm³/mol. The van der Waals surface area contributed by atoms with Crippen molar-refractivity contribution in [2.24, 2.45) is 16.7 Å². The summed E-state index contributed by atoms with van der Waals surface area (Å²) in [5.74, 6) is 0.242. The minimum atomic E-state index is 0.00706. The van der Waals surface area contributed by atoms with E-state index in [1.54, 1.807) is 0 Å². The van der Waals surface area contributed by atoms with Crippen molar-refractivity contribution in [3.8, 4) is 0 Å². The van der Waals surface area contributed by atoms with Crippen LogP contribution in [0.5, 0.6) is 0 Å². The molecule has 0 aromatic heterocycles. The number of hydrogen-bond donors (Lipinski definition) is 0. The van der Waals surface area contributed by atoms with E-state index in [-0.39, 0.29) is 29.0 Å². The molecule has 4 aliphatic rings. The van der Waals surface area contributed by atoms with Crippen LogP contribution in [0, 0.1) is 16.7 Å². The zero-order chi connectivity index (χ0) is 11.2. The van der Waals surface area contributed by atoms with Crippen LogP contribution in [-0.2, 0) is 14.3 Å². The van der Waals surface area contributed by atoms with Crippen LogP contribution in [-0.4, -0.2) is 24.8 Å². The van der Waals surface area contributed by atoms with Crippen molar-refractivity contribution in [2.75, 3.05) is 7.11 Å². The number of esters is 1. The molecule has 3 nitrogen and oxygen atoms in total. The Morgan fingerprint density at radius 3 is 2.88 bits per heavy atom. The van der Waals surface area contributed by atoms with E-state index in [9.17, 15) is 4.79 Å². The molecule has 4 fully saturated rings. The van der Waals surface area contributed by atoms with Gasteiger partial charge in [0.2, 0.25) is 0 Å². The summed E-state index contributed by atoms with van der Waals surface area (Å²) in [6.45, 7) is 2.35. The number of methoxy groups -OCH3 is 1. The first-order valence-electron chi connectivity index (χ1n) is 6.28. The number of ether oxygens (including phenoxy) is 2. The second-order valence-electron chi connectivity index (χ2n) is 6.68. The number of carbonyl (C=O) groups is 1. The predicted octanol–water partition coefficient (Wildman–Crippen LogP) is 1.90. The van der Waals surface area contributed by atoms with Gasteiger partial charge in [-0.2, -0.15) is 0 Å². The van der Waals surface area contributed by atoms with Crippen molar-refractivity contribution < 1.29 is 14.3 Å². The monoisotopic (exact) mass is 222 g/mol. The van der Waals surface area contributed by atoms with Gasteiger partial charge in [0.25, 0.3) is 0 Å². The fourth-order valence-corrected chi connectivity index (χ4v) is 5.44. The molecule has 4 rings (SSSR count). The Morgan fingerprint density at radius 1 is 1.31 bits per heavy atom. The van der Waals surface area contributed by atoms with E-state index in [4.69, 9.17) is 9.47 Å². The Bertz CT molecular complexity index is 393. The normalized spacial score (nSPS) is 61.5. The highest BCUT2D eigenvalue weighted by Crippen LogP contribution is 2.78. The van der Waals surface area contributed by atoms with Crippen molar-refractivity contribution in [2.45, 2.75) is 50.7 Å². The maximum atomic E-state index is 11.9. The van der Waals surface area contributed by atoms with Gasteiger partial charge in [0.05, 0.1) is 11.5 Å². The maximum absolute atomic E-state index is 11.9. The van der Waals surface area contributed by atoms with Gasteiger partial charge in [0.1, 0.15) is 6.10 Å². The van der Waals surface area contributed by atoms with Crippen LogP contribution in [0.4, 0.5) is 0 Å². The van der Waals surface area contributed by atoms with Crippen molar-refractivity contribution in [1.29, 1.82) is 0 Å². The molecular formula is C13H18O3. The highest BCUT2D eigenvalue weighted by atomic mass is 16.6. The number of fused-ring (bicyclic) bond motifs is 2. The molecule has 3 saturated carbocycles. The third-order valence-electron chi connectivity index (χ3n) is 6.07. The highest BCUT2D eigenvalue weighted by Gasteiger charge is 2.77. The third-order valence-corrected chi connectivity index (χ3v) is 6.07. The molecule has 0 aromatic carbocycles. The Kier molecular flexibility index (Phi) is 1.38. The second kappa shape index (κ2) is 2.33. The van der Waals surface area contributed by atoms with E-state index in [0.717, 1.165) is 32.1 Å². The lowest BCUT2D eigenvalue weighted by Crippen LogP contribution is -2.62. The van der Waals surface area contributed by atoms with Crippen molar-refractivity contribution in [3.05, 3.63) is 0 Å². The third kappa shape index (κ3) is 0.755. The molecule has 88 valence electrons. The molecule has 1 aliphatic heterocycles. The van der Waals surface area contributed by atoms with Gasteiger partial charge in [-0.25, -0.2) is 0 Å². The first-order valence-corrected chi connectivity index (χ1v) is 6.28. The molecule has 16 heavy (non-hydrogen) atoms. The summed E-state index contributed by atoms with van der Waals surface area (Å²) in [4.78, 5) is 11.9. The van der Waals surface area contributed by atoms with Crippen LogP contribution in [0.1, 0.15) is 39.0 Å². The highest BCUT2D eigenvalue weighted by molar-refractivity contribution is 5.77. The van der Waals surface area contributed by atoms with E-state index in [2.05, 4.69) is 6.92 Å². The molecule has 4 unspecified atom stereocenters. The topological polar surface area (TPSA) is 35.5 Å². The summed E-state index contributed by atoms with van der Waals surface area (Å²) < 4.78 is 11.3. The van der Waals surface area contributed by atoms with Gasteiger partial charge in [-0.1, -0.05) is 6.92 Å². The smallest absolute Gasteiger partial charge is 0.309 e. The van der Waals surface area contributed by atoms with Gasteiger partial charge in [0, 0.05) is 13.5 Å². The number of rotatable bonds is 1. The minimum absolute atomic E-state index is 0.00706. The van der Waals surface area contributed by atoms with Gasteiger partial charge in [-0.05, 0) is 36.5 Å². The molecule has 5 atom stereocenters. The summed E-state index contributed by atoms with van der Waals surface area (Å²) >= 11 is 0. The molecule has 3 aliphatic carbocycles. The minimum Gasteiger partial charge on any atom is -0.462 e. The van der Waals surface area contributed by atoms with Crippen LogP contribution >= 0.6 is 0 Å². The maximum Gasteiger partial charge on any atom is 0.309 e. The fraction of sp³-hybridized carbons (Fsp3) is 0.923. The lowest BCUT2D eigenvalue weighted by molar-refractivity contribution is -0.225. The van der Waals surface area contributed by atoms with E-state index in [1.165, 1.54) is 0 Å². The molecule has 0 radical (unpaired) electrons. The molecule has 1 saturated heterocycles. The SMILES string of the molecule is COC12CC3C[C@@]4(C1)C(CC4(C)C2)C(=O)O3. The van der Waals surface area contributed by atoms with Crippen molar-refractivity contribution in [3.63, 3.8) is 0 Å². The summed E-state index contributed by atoms with van der Waals surface area (Å²) in [7, 11) is 1.82. The van der Waals surface area contributed by atoms with Gasteiger partial charge < -0.3 is 9.47 Å². The van der Waals surface area contributed by atoms with Crippen LogP contribution < -0.4 is 0 Å². The summed E-state index contributed by atoms with van der Waals surface area (Å²) in [6.07, 6.45) is 5.36. The first-order chi connectivity index (χ1) is 7.53. The largest absolute Gasteiger partial charge is 0.462 e. The summed E-state index contributed by atoms with van der Waals surface area (Å²) in [5, 5.41) is 0. The first kappa shape index (κ1) is 9.46. The molecule has 0 amide bonds. The van der Waals surface area contributed by atoms with E-state index in [1.807, 2.05) is 7.11 Å². The summed E-state index contributed by atoms with van der Waals surface area (Å²) in [6, 6.07) is 0. The second-order valence-corrected chi connectivity index (χ2v) is 6.68. The molecule has 1 spiro atoms. The zero-order valence-electron chi connectivity index (χ0n) is 9.91. The Morgan fingerprint density at radius 2 is 2.12 bits per heavy atom. The quantitative estimate of drug-likeness (QED) is 0.636. The average Bonchev–Trinajstić information content (AvgIpc) is 2.38. The lowest BCUT2D eigenvalue weighted by atomic mass is 9.43. The zero-order valence-corrected chi connectivity index (χ0v) is 9.91. The molecule has 0 N–H and O–H groups in total. The van der Waals surface area contributed by atoms with Gasteiger partial charge in [-0.3, -0.25) is 4.79 Å². The van der Waals surface area contributed by atoms with Gasteiger partial charge in [0.15, 0.2) is 0 Å². The van der Waals surface area contributed by atoms with Crippen molar-refractivity contribution in [1.82, 2.24) is 0 Å².